The number of phenols is 1. The molecule has 5 rings (SSSR count). The number of hydrogen-bond acceptors (Lipinski definition) is 5. The second-order valence-electron chi connectivity index (χ2n) is 9.31. The number of aromatic hydroxyl groups is 1. The fraction of sp³-hybridized carbons (Fsp3) is 0.267. The zero-order valence-corrected chi connectivity index (χ0v) is 22.2. The number of H-pyrrole nitrogens is 1. The smallest absolute Gasteiger partial charge is 0.273 e. The first kappa shape index (κ1) is 25.7. The van der Waals surface area contributed by atoms with Gasteiger partial charge in [-0.15, -0.1) is 0 Å². The van der Waals surface area contributed by atoms with Gasteiger partial charge >= 0.3 is 0 Å². The third-order valence-electron chi connectivity index (χ3n) is 6.78. The first-order chi connectivity index (χ1) is 18.5. The molecule has 0 spiro atoms. The van der Waals surface area contributed by atoms with E-state index in [1.54, 1.807) is 24.1 Å². The van der Waals surface area contributed by atoms with Crippen molar-refractivity contribution in [2.45, 2.75) is 38.8 Å². The van der Waals surface area contributed by atoms with Crippen molar-refractivity contribution in [3.05, 3.63) is 94.1 Å². The molecule has 2 N–H and O–H groups in total. The summed E-state index contributed by atoms with van der Waals surface area (Å²) in [6.45, 7) is 3.15. The van der Waals surface area contributed by atoms with E-state index in [1.807, 2.05) is 48.5 Å². The van der Waals surface area contributed by atoms with Crippen molar-refractivity contribution in [3.63, 3.8) is 0 Å². The Morgan fingerprint density at radius 2 is 1.87 bits per heavy atom. The Bertz CT molecular complexity index is 1440. The molecule has 0 aliphatic carbocycles. The number of amides is 1. The Hall–Kier alpha value is -3.97. The average molecular weight is 532 g/mol. The van der Waals surface area contributed by atoms with E-state index in [0.717, 1.165) is 30.4 Å². The van der Waals surface area contributed by atoms with E-state index in [4.69, 9.17) is 21.1 Å². The van der Waals surface area contributed by atoms with Crippen molar-refractivity contribution in [3.8, 4) is 28.5 Å². The van der Waals surface area contributed by atoms with Crippen LogP contribution < -0.4 is 9.47 Å². The fourth-order valence-electron chi connectivity index (χ4n) is 4.90. The van der Waals surface area contributed by atoms with Crippen LogP contribution in [0, 0.1) is 0 Å². The van der Waals surface area contributed by atoms with Gasteiger partial charge in [-0.05, 0) is 47.9 Å². The number of unbranched alkanes of at least 4 members (excludes halogenated alkanes) is 2. The van der Waals surface area contributed by atoms with Gasteiger partial charge in [-0.3, -0.25) is 9.89 Å². The van der Waals surface area contributed by atoms with Gasteiger partial charge in [-0.1, -0.05) is 67.8 Å². The minimum Gasteiger partial charge on any atom is -0.507 e. The molecule has 1 amide bonds. The third-order valence-corrected chi connectivity index (χ3v) is 7.02. The zero-order chi connectivity index (χ0) is 26.6. The summed E-state index contributed by atoms with van der Waals surface area (Å²) >= 11 is 6.26. The molecule has 1 aromatic heterocycles. The highest BCUT2D eigenvalue weighted by atomic mass is 35.5. The van der Waals surface area contributed by atoms with Gasteiger partial charge in [0.2, 0.25) is 0 Å². The molecule has 1 aliphatic heterocycles. The van der Waals surface area contributed by atoms with Crippen molar-refractivity contribution in [2.75, 3.05) is 13.7 Å². The number of ether oxygens (including phenoxy) is 2. The number of methoxy groups -OCH3 is 1. The monoisotopic (exact) mass is 531 g/mol. The molecule has 0 radical (unpaired) electrons. The number of phenolic OH excluding ortho intramolecular Hbond substituents is 1. The number of nitrogens with one attached hydrogen (secondary N) is 1. The van der Waals surface area contributed by atoms with E-state index in [2.05, 4.69) is 17.1 Å². The molecule has 0 fully saturated rings. The predicted octanol–water partition coefficient (Wildman–Crippen LogP) is 6.76. The lowest BCUT2D eigenvalue weighted by molar-refractivity contribution is 0.0730. The molecule has 1 aliphatic rings. The first-order valence-electron chi connectivity index (χ1n) is 12.7. The molecule has 0 bridgehead atoms. The maximum Gasteiger partial charge on any atom is 0.273 e. The molecule has 4 aromatic rings. The Balaban J connectivity index is 1.60. The maximum absolute atomic E-state index is 13.7. The minimum atomic E-state index is -0.479. The Morgan fingerprint density at radius 3 is 2.63 bits per heavy atom. The number of aromatic nitrogens is 2. The van der Waals surface area contributed by atoms with Gasteiger partial charge in [0.05, 0.1) is 19.8 Å². The third kappa shape index (κ3) is 4.94. The highest BCUT2D eigenvalue weighted by Gasteiger charge is 2.42. The van der Waals surface area contributed by atoms with Crippen LogP contribution in [0.15, 0.2) is 66.7 Å². The van der Waals surface area contributed by atoms with Crippen LogP contribution in [0.3, 0.4) is 0 Å². The molecule has 0 saturated heterocycles. The van der Waals surface area contributed by atoms with E-state index in [9.17, 15) is 9.90 Å². The summed E-state index contributed by atoms with van der Waals surface area (Å²) in [6, 6.07) is 19.9. The van der Waals surface area contributed by atoms with Gasteiger partial charge in [-0.25, -0.2) is 0 Å². The van der Waals surface area contributed by atoms with Crippen molar-refractivity contribution in [1.29, 1.82) is 0 Å². The number of hydrogen-bond donors (Lipinski definition) is 2. The minimum absolute atomic E-state index is 0.0322. The van der Waals surface area contributed by atoms with Crippen LogP contribution in [0.2, 0.25) is 5.02 Å². The second-order valence-corrected chi connectivity index (χ2v) is 9.75. The lowest BCUT2D eigenvalue weighted by atomic mass is 9.95. The largest absolute Gasteiger partial charge is 0.507 e. The van der Waals surface area contributed by atoms with E-state index < -0.39 is 6.04 Å². The summed E-state index contributed by atoms with van der Waals surface area (Å²) in [7, 11) is 1.61. The highest BCUT2D eigenvalue weighted by molar-refractivity contribution is 6.31. The Labute approximate surface area is 227 Å². The lowest BCUT2D eigenvalue weighted by Crippen LogP contribution is -2.29. The first-order valence-corrected chi connectivity index (χ1v) is 13.1. The van der Waals surface area contributed by atoms with Crippen molar-refractivity contribution in [2.24, 2.45) is 0 Å². The number of carbonyl (C=O) groups excluding carboxylic acids is 1. The van der Waals surface area contributed by atoms with Crippen LogP contribution in [0.1, 0.15) is 59.4 Å². The van der Waals surface area contributed by atoms with Crippen LogP contribution in [0.25, 0.3) is 11.3 Å². The number of aromatic amines is 1. The number of benzene rings is 3. The number of nitrogens with zero attached hydrogens (tertiary/aromatic N) is 2. The summed E-state index contributed by atoms with van der Waals surface area (Å²) in [5.41, 5.74) is 3.85. The van der Waals surface area contributed by atoms with Crippen LogP contribution in [-0.4, -0.2) is 39.8 Å². The van der Waals surface area contributed by atoms with Crippen LogP contribution in [0.4, 0.5) is 0 Å². The average Bonchev–Trinajstić information content (AvgIpc) is 3.47. The highest BCUT2D eigenvalue weighted by Crippen LogP contribution is 2.46. The number of fused-ring (bicyclic) bond motifs is 1. The van der Waals surface area contributed by atoms with E-state index >= 15 is 0 Å². The molecule has 1 atom stereocenters. The summed E-state index contributed by atoms with van der Waals surface area (Å²) in [6.07, 6.45) is 3.18. The maximum atomic E-state index is 13.7. The number of carbonyl (C=O) groups is 1. The molecule has 196 valence electrons. The molecule has 2 heterocycles. The van der Waals surface area contributed by atoms with Gasteiger partial charge in [-0.2, -0.15) is 5.10 Å². The SMILES string of the molecule is CCCCCOc1ccc(C2c3c(-c4cc(Cl)ccc4O)n[nH]c3C(=O)N2Cc2ccccc2)cc1OC. The van der Waals surface area contributed by atoms with Crippen molar-refractivity contribution >= 4 is 17.5 Å². The predicted molar refractivity (Wildman–Crippen MR) is 147 cm³/mol. The fourth-order valence-corrected chi connectivity index (χ4v) is 5.07. The van der Waals surface area contributed by atoms with Gasteiger partial charge in [0.25, 0.3) is 5.91 Å². The van der Waals surface area contributed by atoms with Gasteiger partial charge in [0.1, 0.15) is 17.1 Å². The molecule has 1 unspecified atom stereocenters. The molecular weight excluding hydrogens is 502 g/mol. The van der Waals surface area contributed by atoms with Gasteiger partial charge in [0.15, 0.2) is 11.5 Å². The van der Waals surface area contributed by atoms with E-state index in [0.29, 0.717) is 52.2 Å². The molecule has 38 heavy (non-hydrogen) atoms. The van der Waals surface area contributed by atoms with Crippen LogP contribution in [0.5, 0.6) is 17.2 Å². The zero-order valence-electron chi connectivity index (χ0n) is 21.4. The molecule has 7 nitrogen and oxygen atoms in total. The summed E-state index contributed by atoms with van der Waals surface area (Å²) < 4.78 is 11.7. The van der Waals surface area contributed by atoms with E-state index in [1.165, 1.54) is 6.07 Å². The summed E-state index contributed by atoms with van der Waals surface area (Å²) in [5.74, 6) is 1.11. The molecular formula is C30H30ClN3O4. The molecule has 8 heteroatoms. The van der Waals surface area contributed by atoms with E-state index in [-0.39, 0.29) is 11.7 Å². The van der Waals surface area contributed by atoms with Crippen molar-refractivity contribution < 1.29 is 19.4 Å². The summed E-state index contributed by atoms with van der Waals surface area (Å²) in [4.78, 5) is 15.5. The number of rotatable bonds is 10. The summed E-state index contributed by atoms with van der Waals surface area (Å²) in [5, 5.41) is 18.5. The Kier molecular flexibility index (Phi) is 7.56. The quantitative estimate of drug-likeness (QED) is 0.221. The molecule has 3 aromatic carbocycles. The molecule has 0 saturated carbocycles. The number of halogens is 1. The Morgan fingerprint density at radius 1 is 1.05 bits per heavy atom. The topological polar surface area (TPSA) is 87.7 Å². The van der Waals surface area contributed by atoms with Crippen molar-refractivity contribution in [1.82, 2.24) is 15.1 Å². The van der Waals surface area contributed by atoms with Crippen LogP contribution in [-0.2, 0) is 6.54 Å². The lowest BCUT2D eigenvalue weighted by Gasteiger charge is -2.27. The standard InChI is InChI=1S/C30H30ClN3O4/c1-3-4-8-15-38-24-14-11-20(16-25(24)37-2)29-26-27(22-17-21(31)12-13-23(22)35)32-33-28(26)30(36)34(29)18-19-9-6-5-7-10-19/h5-7,9-14,16-17,29,35H,3-4,8,15,18H2,1-2H3,(H,32,33). The van der Waals surface area contributed by atoms with Gasteiger partial charge < -0.3 is 19.5 Å². The normalized spacial score (nSPS) is 14.6. The second kappa shape index (κ2) is 11.2. The van der Waals surface area contributed by atoms with Gasteiger partial charge in [0, 0.05) is 22.7 Å². The van der Waals surface area contributed by atoms with Crippen LogP contribution >= 0.6 is 11.6 Å².